The molecule has 0 bridgehead atoms. The molecular formula is C17H19NO2. The normalized spacial score (nSPS) is 10.1. The van der Waals surface area contributed by atoms with Crippen molar-refractivity contribution in [2.45, 2.75) is 20.4 Å². The van der Waals surface area contributed by atoms with Crippen LogP contribution in [0.3, 0.4) is 0 Å². The summed E-state index contributed by atoms with van der Waals surface area (Å²) in [6.45, 7) is 4.96. The molecule has 0 unspecified atom stereocenters. The number of rotatable bonds is 5. The fourth-order valence-electron chi connectivity index (χ4n) is 2.04. The third-order valence-electron chi connectivity index (χ3n) is 3.10. The lowest BCUT2D eigenvalue weighted by Crippen LogP contribution is -2.23. The van der Waals surface area contributed by atoms with Crippen molar-refractivity contribution >= 4 is 5.91 Å². The van der Waals surface area contributed by atoms with Gasteiger partial charge in [-0.1, -0.05) is 36.4 Å². The molecule has 104 valence electrons. The minimum Gasteiger partial charge on any atom is -0.494 e. The Labute approximate surface area is 119 Å². The molecule has 20 heavy (non-hydrogen) atoms. The maximum Gasteiger partial charge on any atom is 0.251 e. The van der Waals surface area contributed by atoms with E-state index in [9.17, 15) is 4.79 Å². The van der Waals surface area contributed by atoms with Crippen LogP contribution >= 0.6 is 0 Å². The summed E-state index contributed by atoms with van der Waals surface area (Å²) in [6, 6.07) is 15.3. The van der Waals surface area contributed by atoms with E-state index in [4.69, 9.17) is 4.74 Å². The van der Waals surface area contributed by atoms with E-state index >= 15 is 0 Å². The van der Waals surface area contributed by atoms with Gasteiger partial charge in [-0.25, -0.2) is 0 Å². The number of amides is 1. The van der Waals surface area contributed by atoms with Crippen molar-refractivity contribution in [3.8, 4) is 5.75 Å². The molecule has 0 aliphatic heterocycles. The predicted octanol–water partition coefficient (Wildman–Crippen LogP) is 3.32. The minimum atomic E-state index is -0.0607. The molecule has 0 saturated carbocycles. The highest BCUT2D eigenvalue weighted by molar-refractivity contribution is 5.95. The van der Waals surface area contributed by atoms with E-state index in [1.165, 1.54) is 0 Å². The first kappa shape index (κ1) is 14.1. The molecule has 0 saturated heterocycles. The Hall–Kier alpha value is -2.29. The van der Waals surface area contributed by atoms with E-state index in [-0.39, 0.29) is 5.91 Å². The fraction of sp³-hybridized carbons (Fsp3) is 0.235. The number of benzene rings is 2. The molecule has 2 aromatic rings. The van der Waals surface area contributed by atoms with Gasteiger partial charge in [-0.15, -0.1) is 0 Å². The monoisotopic (exact) mass is 269 g/mol. The molecule has 0 fully saturated rings. The summed E-state index contributed by atoms with van der Waals surface area (Å²) >= 11 is 0. The summed E-state index contributed by atoms with van der Waals surface area (Å²) in [4.78, 5) is 12.2. The number of aryl methyl sites for hydroxylation is 1. The van der Waals surface area contributed by atoms with Gasteiger partial charge in [-0.2, -0.15) is 0 Å². The quantitative estimate of drug-likeness (QED) is 0.904. The SMILES string of the molecule is CCOc1ccccc1CNC(=O)c1ccccc1C. The van der Waals surface area contributed by atoms with E-state index in [0.717, 1.165) is 16.9 Å². The highest BCUT2D eigenvalue weighted by Gasteiger charge is 2.09. The number of hydrogen-bond donors (Lipinski definition) is 1. The average molecular weight is 269 g/mol. The highest BCUT2D eigenvalue weighted by atomic mass is 16.5. The second-order valence-electron chi connectivity index (χ2n) is 4.54. The zero-order valence-corrected chi connectivity index (χ0v) is 11.8. The van der Waals surface area contributed by atoms with Crippen LogP contribution in [0.15, 0.2) is 48.5 Å². The van der Waals surface area contributed by atoms with Gasteiger partial charge in [0.2, 0.25) is 0 Å². The Bertz CT molecular complexity index is 593. The molecule has 3 nitrogen and oxygen atoms in total. The van der Waals surface area contributed by atoms with Crippen LogP contribution in [-0.2, 0) is 6.54 Å². The third-order valence-corrected chi connectivity index (χ3v) is 3.10. The molecule has 0 aromatic heterocycles. The van der Waals surface area contributed by atoms with Gasteiger partial charge in [0, 0.05) is 17.7 Å². The molecule has 0 spiro atoms. The third kappa shape index (κ3) is 3.38. The van der Waals surface area contributed by atoms with Crippen molar-refractivity contribution in [3.05, 3.63) is 65.2 Å². The number of hydrogen-bond acceptors (Lipinski definition) is 2. The first-order valence-corrected chi connectivity index (χ1v) is 6.77. The van der Waals surface area contributed by atoms with Gasteiger partial charge in [-0.05, 0) is 31.5 Å². The van der Waals surface area contributed by atoms with Gasteiger partial charge in [0.25, 0.3) is 5.91 Å². The molecular weight excluding hydrogens is 250 g/mol. The number of carbonyl (C=O) groups excluding carboxylic acids is 1. The molecule has 0 radical (unpaired) electrons. The first-order chi connectivity index (χ1) is 9.72. The fourth-order valence-corrected chi connectivity index (χ4v) is 2.04. The number of nitrogens with one attached hydrogen (secondary N) is 1. The molecule has 1 N–H and O–H groups in total. The summed E-state index contributed by atoms with van der Waals surface area (Å²) in [6.07, 6.45) is 0. The Balaban J connectivity index is 2.06. The molecule has 3 heteroatoms. The maximum absolute atomic E-state index is 12.2. The molecule has 0 aliphatic carbocycles. The lowest BCUT2D eigenvalue weighted by Gasteiger charge is -2.11. The van der Waals surface area contributed by atoms with Crippen LogP contribution in [-0.4, -0.2) is 12.5 Å². The summed E-state index contributed by atoms with van der Waals surface area (Å²) in [5.74, 6) is 0.759. The lowest BCUT2D eigenvalue weighted by atomic mass is 10.1. The van der Waals surface area contributed by atoms with E-state index in [2.05, 4.69) is 5.32 Å². The van der Waals surface area contributed by atoms with Gasteiger partial charge in [-0.3, -0.25) is 4.79 Å². The largest absolute Gasteiger partial charge is 0.494 e. The number of ether oxygens (including phenoxy) is 1. The molecule has 0 atom stereocenters. The summed E-state index contributed by atoms with van der Waals surface area (Å²) < 4.78 is 5.55. The van der Waals surface area contributed by atoms with Crippen LogP contribution in [0.5, 0.6) is 5.75 Å². The van der Waals surface area contributed by atoms with E-state index < -0.39 is 0 Å². The average Bonchev–Trinajstić information content (AvgIpc) is 2.47. The van der Waals surface area contributed by atoms with Gasteiger partial charge in [0.05, 0.1) is 6.61 Å². The van der Waals surface area contributed by atoms with Crippen molar-refractivity contribution < 1.29 is 9.53 Å². The second kappa shape index (κ2) is 6.75. The van der Waals surface area contributed by atoms with E-state index in [1.54, 1.807) is 0 Å². The van der Waals surface area contributed by atoms with Gasteiger partial charge >= 0.3 is 0 Å². The van der Waals surface area contributed by atoms with Crippen molar-refractivity contribution in [1.82, 2.24) is 5.32 Å². The lowest BCUT2D eigenvalue weighted by molar-refractivity contribution is 0.0950. The van der Waals surface area contributed by atoms with Gasteiger partial charge in [0.1, 0.15) is 5.75 Å². The van der Waals surface area contributed by atoms with E-state index in [0.29, 0.717) is 18.7 Å². The van der Waals surface area contributed by atoms with Crippen LogP contribution in [0.2, 0.25) is 0 Å². The summed E-state index contributed by atoms with van der Waals surface area (Å²) in [5, 5.41) is 2.94. The van der Waals surface area contributed by atoms with Crippen LogP contribution in [0.4, 0.5) is 0 Å². The minimum absolute atomic E-state index is 0.0607. The maximum atomic E-state index is 12.2. The van der Waals surface area contributed by atoms with Crippen LogP contribution in [0.1, 0.15) is 28.4 Å². The zero-order valence-electron chi connectivity index (χ0n) is 11.8. The smallest absolute Gasteiger partial charge is 0.251 e. The van der Waals surface area contributed by atoms with Crippen molar-refractivity contribution in [2.75, 3.05) is 6.61 Å². The summed E-state index contributed by atoms with van der Waals surface area (Å²) in [5.41, 5.74) is 2.67. The van der Waals surface area contributed by atoms with Gasteiger partial charge in [0.15, 0.2) is 0 Å². The first-order valence-electron chi connectivity index (χ1n) is 6.77. The highest BCUT2D eigenvalue weighted by Crippen LogP contribution is 2.17. The Morgan fingerprint density at radius 3 is 2.55 bits per heavy atom. The molecule has 0 heterocycles. The molecule has 2 rings (SSSR count). The molecule has 1 amide bonds. The van der Waals surface area contributed by atoms with Crippen LogP contribution < -0.4 is 10.1 Å². The van der Waals surface area contributed by atoms with Crippen LogP contribution in [0, 0.1) is 6.92 Å². The molecule has 0 aliphatic rings. The molecule has 2 aromatic carbocycles. The Morgan fingerprint density at radius 1 is 1.10 bits per heavy atom. The van der Waals surface area contributed by atoms with Crippen molar-refractivity contribution in [2.24, 2.45) is 0 Å². The van der Waals surface area contributed by atoms with Crippen molar-refractivity contribution in [1.29, 1.82) is 0 Å². The Morgan fingerprint density at radius 2 is 1.80 bits per heavy atom. The van der Waals surface area contributed by atoms with Crippen molar-refractivity contribution in [3.63, 3.8) is 0 Å². The summed E-state index contributed by atoms with van der Waals surface area (Å²) in [7, 11) is 0. The zero-order chi connectivity index (χ0) is 14.4. The van der Waals surface area contributed by atoms with Crippen LogP contribution in [0.25, 0.3) is 0 Å². The van der Waals surface area contributed by atoms with E-state index in [1.807, 2.05) is 62.4 Å². The predicted molar refractivity (Wildman–Crippen MR) is 80.0 cm³/mol. The topological polar surface area (TPSA) is 38.3 Å². The standard InChI is InChI=1S/C17H19NO2/c1-3-20-16-11-7-5-9-14(16)12-18-17(19)15-10-6-4-8-13(15)2/h4-11H,3,12H2,1-2H3,(H,18,19). The number of carbonyl (C=O) groups is 1. The van der Waals surface area contributed by atoms with Gasteiger partial charge < -0.3 is 10.1 Å². The second-order valence-corrected chi connectivity index (χ2v) is 4.54. The Kier molecular flexibility index (Phi) is 4.77. The number of para-hydroxylation sites is 1.